The van der Waals surface area contributed by atoms with Gasteiger partial charge in [-0.25, -0.2) is 12.8 Å². The first-order valence-corrected chi connectivity index (χ1v) is 6.41. The number of ketones is 1. The Bertz CT molecular complexity index is 495. The van der Waals surface area contributed by atoms with E-state index < -0.39 is 33.3 Å². The van der Waals surface area contributed by atoms with Gasteiger partial charge in [-0.3, -0.25) is 4.79 Å². The summed E-state index contributed by atoms with van der Waals surface area (Å²) in [6, 6.07) is 4.69. The van der Waals surface area contributed by atoms with Crippen LogP contribution < -0.4 is 0 Å². The maximum Gasteiger partial charge on any atom is 0.183 e. The fraction of sp³-hybridized carbons (Fsp3) is 0.300. The molecule has 0 heterocycles. The number of Topliss-reactive ketones (excluding diaryl/α,β-unsaturated/α-hetero) is 1. The molecule has 1 N–H and O–H groups in total. The van der Waals surface area contributed by atoms with E-state index in [9.17, 15) is 17.6 Å². The van der Waals surface area contributed by atoms with Gasteiger partial charge >= 0.3 is 0 Å². The summed E-state index contributed by atoms with van der Waals surface area (Å²) in [6.07, 6.45) is 0.852. The zero-order valence-corrected chi connectivity index (χ0v) is 9.37. The van der Waals surface area contributed by atoms with Crippen LogP contribution in [-0.2, 0) is 9.84 Å². The Balaban J connectivity index is 3.11. The second-order valence-electron chi connectivity index (χ2n) is 3.38. The third kappa shape index (κ3) is 2.86. The molecule has 1 aromatic rings. The van der Waals surface area contributed by atoms with E-state index in [0.29, 0.717) is 0 Å². The lowest BCUT2D eigenvalue weighted by molar-refractivity contribution is 0.0961. The van der Waals surface area contributed by atoms with Crippen molar-refractivity contribution in [3.8, 4) is 0 Å². The van der Waals surface area contributed by atoms with Crippen LogP contribution in [0.25, 0.3) is 0 Å². The molecule has 0 radical (unpaired) electrons. The Kier molecular flexibility index (Phi) is 3.77. The topological polar surface area (TPSA) is 71.4 Å². The number of halogens is 1. The number of carbonyl (C=O) groups is 1. The minimum absolute atomic E-state index is 0.0653. The van der Waals surface area contributed by atoms with E-state index in [1.54, 1.807) is 0 Å². The molecule has 0 fully saturated rings. The molecule has 0 amide bonds. The Morgan fingerprint density at radius 2 is 2.12 bits per heavy atom. The molecular formula is C10H11FO4S. The summed E-state index contributed by atoms with van der Waals surface area (Å²) in [6.45, 7) is -0.811. The van der Waals surface area contributed by atoms with Gasteiger partial charge in [0.2, 0.25) is 0 Å². The molecule has 1 rings (SSSR count). The number of aliphatic hydroxyl groups is 1. The molecule has 88 valence electrons. The first kappa shape index (κ1) is 12.8. The fourth-order valence-electron chi connectivity index (χ4n) is 1.24. The molecular weight excluding hydrogens is 235 g/mol. The van der Waals surface area contributed by atoms with Crippen LogP contribution in [0.5, 0.6) is 0 Å². The summed E-state index contributed by atoms with van der Waals surface area (Å²) in [4.78, 5) is 11.7. The SMILES string of the molecule is CS(=O)(=O)C(CO)C(=O)c1cccc(F)c1. The zero-order chi connectivity index (χ0) is 12.3. The van der Waals surface area contributed by atoms with Gasteiger partial charge in [-0.1, -0.05) is 12.1 Å². The third-order valence-corrected chi connectivity index (χ3v) is 3.48. The molecule has 0 aromatic heterocycles. The third-order valence-electron chi connectivity index (χ3n) is 2.08. The number of rotatable bonds is 4. The largest absolute Gasteiger partial charge is 0.395 e. The molecule has 0 aliphatic carbocycles. The maximum atomic E-state index is 12.8. The molecule has 0 aliphatic heterocycles. The summed E-state index contributed by atoms with van der Waals surface area (Å²) in [5, 5.41) is 7.34. The molecule has 1 unspecified atom stereocenters. The van der Waals surface area contributed by atoms with Crippen molar-refractivity contribution in [1.82, 2.24) is 0 Å². The van der Waals surface area contributed by atoms with Crippen LogP contribution in [0.3, 0.4) is 0 Å². The molecule has 0 bridgehead atoms. The second-order valence-corrected chi connectivity index (χ2v) is 5.60. The number of sulfone groups is 1. The lowest BCUT2D eigenvalue weighted by Crippen LogP contribution is -2.33. The normalized spacial score (nSPS) is 13.4. The van der Waals surface area contributed by atoms with Gasteiger partial charge < -0.3 is 5.11 Å². The highest BCUT2D eigenvalue weighted by molar-refractivity contribution is 7.92. The minimum Gasteiger partial charge on any atom is -0.395 e. The minimum atomic E-state index is -3.70. The molecule has 0 spiro atoms. The van der Waals surface area contributed by atoms with E-state index in [1.165, 1.54) is 12.1 Å². The van der Waals surface area contributed by atoms with Gasteiger partial charge in [-0.05, 0) is 12.1 Å². The number of aliphatic hydroxyl groups excluding tert-OH is 1. The highest BCUT2D eigenvalue weighted by Crippen LogP contribution is 2.11. The molecule has 6 heteroatoms. The predicted molar refractivity (Wildman–Crippen MR) is 56.4 cm³/mol. The first-order valence-electron chi connectivity index (χ1n) is 4.45. The molecule has 0 aliphatic rings. The Morgan fingerprint density at radius 3 is 2.56 bits per heavy atom. The van der Waals surface area contributed by atoms with E-state index in [0.717, 1.165) is 18.4 Å². The van der Waals surface area contributed by atoms with Crippen molar-refractivity contribution in [3.63, 3.8) is 0 Å². The van der Waals surface area contributed by atoms with E-state index in [-0.39, 0.29) is 5.56 Å². The summed E-state index contributed by atoms with van der Waals surface area (Å²) in [5.41, 5.74) is -0.0653. The average Bonchev–Trinajstić information content (AvgIpc) is 2.16. The Hall–Kier alpha value is -1.27. The van der Waals surface area contributed by atoms with Crippen molar-refractivity contribution < 1.29 is 22.7 Å². The van der Waals surface area contributed by atoms with Crippen molar-refractivity contribution in [2.75, 3.05) is 12.9 Å². The monoisotopic (exact) mass is 246 g/mol. The molecule has 0 saturated heterocycles. The summed E-state index contributed by atoms with van der Waals surface area (Å²) in [7, 11) is -3.70. The van der Waals surface area contributed by atoms with Crippen LogP contribution in [0.2, 0.25) is 0 Å². The van der Waals surface area contributed by atoms with Crippen molar-refractivity contribution in [1.29, 1.82) is 0 Å². The highest BCUT2D eigenvalue weighted by atomic mass is 32.2. The van der Waals surface area contributed by atoms with Gasteiger partial charge in [0.25, 0.3) is 0 Å². The maximum absolute atomic E-state index is 12.8. The molecule has 1 aromatic carbocycles. The summed E-state index contributed by atoms with van der Waals surface area (Å²) >= 11 is 0. The second kappa shape index (κ2) is 4.71. The van der Waals surface area contributed by atoms with Gasteiger partial charge in [-0.2, -0.15) is 0 Å². The van der Waals surface area contributed by atoms with Crippen molar-refractivity contribution in [2.24, 2.45) is 0 Å². The van der Waals surface area contributed by atoms with Crippen molar-refractivity contribution in [3.05, 3.63) is 35.6 Å². The predicted octanol–water partition coefficient (Wildman–Crippen LogP) is 0.414. The number of carbonyl (C=O) groups excluding carboxylic acids is 1. The quantitative estimate of drug-likeness (QED) is 0.781. The van der Waals surface area contributed by atoms with Crippen LogP contribution in [-0.4, -0.2) is 37.4 Å². The number of hydrogen-bond acceptors (Lipinski definition) is 4. The van der Waals surface area contributed by atoms with Gasteiger partial charge in [0.1, 0.15) is 11.1 Å². The van der Waals surface area contributed by atoms with E-state index >= 15 is 0 Å². The smallest absolute Gasteiger partial charge is 0.183 e. The number of hydrogen-bond donors (Lipinski definition) is 1. The van der Waals surface area contributed by atoms with Crippen LogP contribution >= 0.6 is 0 Å². The van der Waals surface area contributed by atoms with E-state index in [4.69, 9.17) is 5.11 Å². The van der Waals surface area contributed by atoms with Crippen LogP contribution in [0.4, 0.5) is 4.39 Å². The lowest BCUT2D eigenvalue weighted by Gasteiger charge is -2.10. The van der Waals surface area contributed by atoms with Crippen LogP contribution in [0.1, 0.15) is 10.4 Å². The van der Waals surface area contributed by atoms with Gasteiger partial charge in [0, 0.05) is 11.8 Å². The van der Waals surface area contributed by atoms with Crippen LogP contribution in [0, 0.1) is 5.82 Å². The zero-order valence-electron chi connectivity index (χ0n) is 8.55. The van der Waals surface area contributed by atoms with Gasteiger partial charge in [0.15, 0.2) is 15.6 Å². The summed E-state index contributed by atoms with van der Waals surface area (Å²) < 4.78 is 35.2. The van der Waals surface area contributed by atoms with E-state index in [2.05, 4.69) is 0 Å². The highest BCUT2D eigenvalue weighted by Gasteiger charge is 2.29. The van der Waals surface area contributed by atoms with Gasteiger partial charge in [-0.15, -0.1) is 0 Å². The first-order chi connectivity index (χ1) is 7.36. The number of benzene rings is 1. The van der Waals surface area contributed by atoms with Crippen molar-refractivity contribution >= 4 is 15.6 Å². The molecule has 16 heavy (non-hydrogen) atoms. The van der Waals surface area contributed by atoms with E-state index in [1.807, 2.05) is 0 Å². The lowest BCUT2D eigenvalue weighted by atomic mass is 10.1. The molecule has 0 saturated carbocycles. The standard InChI is InChI=1S/C10H11FO4S/c1-16(14,15)9(6-12)10(13)7-3-2-4-8(11)5-7/h2-5,9,12H,6H2,1H3. The Morgan fingerprint density at radius 1 is 1.50 bits per heavy atom. The Labute approximate surface area is 92.6 Å². The fourth-order valence-corrected chi connectivity index (χ4v) is 2.04. The van der Waals surface area contributed by atoms with Gasteiger partial charge in [0.05, 0.1) is 6.61 Å². The summed E-state index contributed by atoms with van der Waals surface area (Å²) in [5.74, 6) is -1.43. The van der Waals surface area contributed by atoms with Crippen molar-refractivity contribution in [2.45, 2.75) is 5.25 Å². The molecule has 4 nitrogen and oxygen atoms in total. The van der Waals surface area contributed by atoms with Crippen LogP contribution in [0.15, 0.2) is 24.3 Å². The molecule has 1 atom stereocenters. The average molecular weight is 246 g/mol.